The fourth-order valence-electron chi connectivity index (χ4n) is 1.56. The summed E-state index contributed by atoms with van der Waals surface area (Å²) >= 11 is 0. The van der Waals surface area contributed by atoms with Gasteiger partial charge in [-0.25, -0.2) is 0 Å². The van der Waals surface area contributed by atoms with E-state index in [4.69, 9.17) is 4.74 Å². The molecule has 0 fully saturated rings. The summed E-state index contributed by atoms with van der Waals surface area (Å²) in [5, 5.41) is 9.69. The maximum atomic E-state index is 12.1. The Balaban J connectivity index is 2.92. The number of methoxy groups -OCH3 is 1. The van der Waals surface area contributed by atoms with Gasteiger partial charge in [0.15, 0.2) is 0 Å². The first-order valence-electron chi connectivity index (χ1n) is 5.53. The smallest absolute Gasteiger partial charge is 0.257 e. The van der Waals surface area contributed by atoms with Crippen LogP contribution in [0.5, 0.6) is 5.75 Å². The molecule has 17 heavy (non-hydrogen) atoms. The second-order valence-electron chi connectivity index (χ2n) is 4.24. The lowest BCUT2D eigenvalue weighted by Gasteiger charge is -2.24. The van der Waals surface area contributed by atoms with Gasteiger partial charge in [-0.3, -0.25) is 4.79 Å². The van der Waals surface area contributed by atoms with Gasteiger partial charge in [0.05, 0.1) is 18.2 Å². The quantitative estimate of drug-likeness (QED) is 0.868. The number of ether oxygens (including phenoxy) is 1. The van der Waals surface area contributed by atoms with Gasteiger partial charge >= 0.3 is 0 Å². The Morgan fingerprint density at radius 3 is 2.76 bits per heavy atom. The van der Waals surface area contributed by atoms with E-state index in [1.54, 1.807) is 31.2 Å². The molecule has 94 valence electrons. The molecular weight excluding hydrogens is 218 g/mol. The number of aromatic hydroxyl groups is 1. The van der Waals surface area contributed by atoms with Gasteiger partial charge in [0, 0.05) is 14.2 Å². The first-order chi connectivity index (χ1) is 7.97. The lowest BCUT2D eigenvalue weighted by molar-refractivity contribution is 0.0630. The molecular formula is C13H19NO3. The van der Waals surface area contributed by atoms with Gasteiger partial charge in [0.2, 0.25) is 0 Å². The SMILES string of the molecule is COCC(C)N(C)C(=O)c1cc(C)ccc1O. The zero-order valence-electron chi connectivity index (χ0n) is 10.7. The van der Waals surface area contributed by atoms with Crippen molar-refractivity contribution >= 4 is 5.91 Å². The zero-order valence-corrected chi connectivity index (χ0v) is 10.7. The number of phenolic OH excluding ortho intramolecular Hbond substituents is 1. The summed E-state index contributed by atoms with van der Waals surface area (Å²) in [6, 6.07) is 4.96. The number of hydrogen-bond donors (Lipinski definition) is 1. The van der Waals surface area contributed by atoms with Crippen LogP contribution >= 0.6 is 0 Å². The van der Waals surface area contributed by atoms with Gasteiger partial charge in [-0.2, -0.15) is 0 Å². The second kappa shape index (κ2) is 5.68. The van der Waals surface area contributed by atoms with Gasteiger partial charge in [-0.15, -0.1) is 0 Å². The second-order valence-corrected chi connectivity index (χ2v) is 4.24. The van der Waals surface area contributed by atoms with Crippen LogP contribution in [0.15, 0.2) is 18.2 Å². The maximum absolute atomic E-state index is 12.1. The molecule has 0 aliphatic carbocycles. The molecule has 0 bridgehead atoms. The number of likely N-dealkylation sites (N-methyl/N-ethyl adjacent to an activating group) is 1. The van der Waals surface area contributed by atoms with Crippen LogP contribution < -0.4 is 0 Å². The number of rotatable bonds is 4. The third kappa shape index (κ3) is 3.20. The summed E-state index contributed by atoms with van der Waals surface area (Å²) in [6.07, 6.45) is 0. The average Bonchev–Trinajstić information content (AvgIpc) is 2.30. The summed E-state index contributed by atoms with van der Waals surface area (Å²) in [5.41, 5.74) is 1.27. The molecule has 1 N–H and O–H groups in total. The van der Waals surface area contributed by atoms with Crippen molar-refractivity contribution in [2.24, 2.45) is 0 Å². The van der Waals surface area contributed by atoms with Gasteiger partial charge in [-0.05, 0) is 26.0 Å². The van der Waals surface area contributed by atoms with Crippen LogP contribution in [0.1, 0.15) is 22.8 Å². The summed E-state index contributed by atoms with van der Waals surface area (Å²) in [7, 11) is 3.30. The predicted octanol–water partition coefficient (Wildman–Crippen LogP) is 1.81. The predicted molar refractivity (Wildman–Crippen MR) is 66.3 cm³/mol. The van der Waals surface area contributed by atoms with Gasteiger partial charge < -0.3 is 14.7 Å². The Morgan fingerprint density at radius 2 is 2.18 bits per heavy atom. The van der Waals surface area contributed by atoms with E-state index in [1.165, 1.54) is 6.07 Å². The Bertz CT molecular complexity index is 404. The monoisotopic (exact) mass is 237 g/mol. The molecule has 0 spiro atoms. The molecule has 1 atom stereocenters. The number of amides is 1. The molecule has 0 saturated heterocycles. The normalized spacial score (nSPS) is 12.2. The van der Waals surface area contributed by atoms with E-state index in [1.807, 2.05) is 13.8 Å². The van der Waals surface area contributed by atoms with Crippen LogP contribution in [-0.2, 0) is 4.74 Å². The lowest BCUT2D eigenvalue weighted by atomic mass is 10.1. The van der Waals surface area contributed by atoms with Crippen LogP contribution in [0, 0.1) is 6.92 Å². The molecule has 0 aliphatic heterocycles. The molecule has 0 aliphatic rings. The molecule has 1 rings (SSSR count). The van der Waals surface area contributed by atoms with E-state index < -0.39 is 0 Å². The van der Waals surface area contributed by atoms with Crippen molar-refractivity contribution in [2.75, 3.05) is 20.8 Å². The third-order valence-electron chi connectivity index (χ3n) is 2.77. The lowest BCUT2D eigenvalue weighted by Crippen LogP contribution is -2.37. The van der Waals surface area contributed by atoms with Crippen molar-refractivity contribution in [3.05, 3.63) is 29.3 Å². The molecule has 1 amide bonds. The van der Waals surface area contributed by atoms with Crippen molar-refractivity contribution in [3.63, 3.8) is 0 Å². The highest BCUT2D eigenvalue weighted by Gasteiger charge is 2.20. The van der Waals surface area contributed by atoms with Crippen molar-refractivity contribution in [3.8, 4) is 5.75 Å². The fraction of sp³-hybridized carbons (Fsp3) is 0.462. The minimum Gasteiger partial charge on any atom is -0.507 e. The minimum atomic E-state index is -0.198. The molecule has 0 saturated carbocycles. The first kappa shape index (κ1) is 13.5. The van der Waals surface area contributed by atoms with Gasteiger partial charge in [0.1, 0.15) is 5.75 Å². The third-order valence-corrected chi connectivity index (χ3v) is 2.77. The number of aryl methyl sites for hydroxylation is 1. The number of benzene rings is 1. The van der Waals surface area contributed by atoms with Crippen LogP contribution in [0.4, 0.5) is 0 Å². The number of nitrogens with zero attached hydrogens (tertiary/aromatic N) is 1. The van der Waals surface area contributed by atoms with E-state index >= 15 is 0 Å². The molecule has 0 radical (unpaired) electrons. The summed E-state index contributed by atoms with van der Waals surface area (Å²) < 4.78 is 5.01. The van der Waals surface area contributed by atoms with Crippen LogP contribution in [0.3, 0.4) is 0 Å². The maximum Gasteiger partial charge on any atom is 0.257 e. The Kier molecular flexibility index (Phi) is 4.52. The minimum absolute atomic E-state index is 0.0112. The van der Waals surface area contributed by atoms with E-state index in [0.717, 1.165) is 5.56 Å². The largest absolute Gasteiger partial charge is 0.507 e. The van der Waals surface area contributed by atoms with E-state index in [0.29, 0.717) is 12.2 Å². The van der Waals surface area contributed by atoms with E-state index in [2.05, 4.69) is 0 Å². The average molecular weight is 237 g/mol. The van der Waals surface area contributed by atoms with Crippen molar-refractivity contribution in [1.29, 1.82) is 0 Å². The molecule has 1 aromatic rings. The number of phenols is 1. The van der Waals surface area contributed by atoms with Crippen LogP contribution in [0.2, 0.25) is 0 Å². The molecule has 0 heterocycles. The van der Waals surface area contributed by atoms with Crippen molar-refractivity contribution in [2.45, 2.75) is 19.9 Å². The van der Waals surface area contributed by atoms with E-state index in [9.17, 15) is 9.90 Å². The van der Waals surface area contributed by atoms with Gasteiger partial charge in [0.25, 0.3) is 5.91 Å². The Hall–Kier alpha value is -1.55. The van der Waals surface area contributed by atoms with Crippen LogP contribution in [0.25, 0.3) is 0 Å². The molecule has 4 heteroatoms. The number of carbonyl (C=O) groups is 1. The highest BCUT2D eigenvalue weighted by molar-refractivity contribution is 5.97. The van der Waals surface area contributed by atoms with Crippen molar-refractivity contribution in [1.82, 2.24) is 4.90 Å². The summed E-state index contributed by atoms with van der Waals surface area (Å²) in [5.74, 6) is -0.187. The summed E-state index contributed by atoms with van der Waals surface area (Å²) in [6.45, 7) is 4.25. The number of carbonyl (C=O) groups excluding carboxylic acids is 1. The number of hydrogen-bond acceptors (Lipinski definition) is 3. The molecule has 0 aromatic heterocycles. The Labute approximate surface area is 102 Å². The molecule has 1 aromatic carbocycles. The van der Waals surface area contributed by atoms with Gasteiger partial charge in [-0.1, -0.05) is 11.6 Å². The molecule has 1 unspecified atom stereocenters. The molecule has 4 nitrogen and oxygen atoms in total. The van der Waals surface area contributed by atoms with Crippen LogP contribution in [-0.4, -0.2) is 42.7 Å². The highest BCUT2D eigenvalue weighted by Crippen LogP contribution is 2.20. The van der Waals surface area contributed by atoms with E-state index in [-0.39, 0.29) is 17.7 Å². The fourth-order valence-corrected chi connectivity index (χ4v) is 1.56. The van der Waals surface area contributed by atoms with Crippen molar-refractivity contribution < 1.29 is 14.6 Å². The Morgan fingerprint density at radius 1 is 1.53 bits per heavy atom. The highest BCUT2D eigenvalue weighted by atomic mass is 16.5. The first-order valence-corrected chi connectivity index (χ1v) is 5.53. The standard InChI is InChI=1S/C13H19NO3/c1-9-5-6-12(15)11(7-9)13(16)14(3)10(2)8-17-4/h5-7,10,15H,8H2,1-4H3. The summed E-state index contributed by atoms with van der Waals surface area (Å²) in [4.78, 5) is 13.7. The zero-order chi connectivity index (χ0) is 13.0. The topological polar surface area (TPSA) is 49.8 Å².